The molecule has 2 amide bonds. The van der Waals surface area contributed by atoms with Crippen molar-refractivity contribution in [1.29, 1.82) is 0 Å². The van der Waals surface area contributed by atoms with Gasteiger partial charge in [-0.3, -0.25) is 9.59 Å². The summed E-state index contributed by atoms with van der Waals surface area (Å²) in [6.07, 6.45) is 0.973. The maximum Gasteiger partial charge on any atom is 0.253 e. The topological polar surface area (TPSA) is 43.9 Å². The van der Waals surface area contributed by atoms with Gasteiger partial charge in [0.1, 0.15) is 6.04 Å². The van der Waals surface area contributed by atoms with E-state index in [4.69, 9.17) is 23.2 Å². The third-order valence-electron chi connectivity index (χ3n) is 5.71. The van der Waals surface area contributed by atoms with Gasteiger partial charge < -0.3 is 0 Å². The molecule has 2 aromatic carbocycles. The van der Waals surface area contributed by atoms with E-state index in [9.17, 15) is 9.59 Å². The first-order chi connectivity index (χ1) is 13.1. The predicted molar refractivity (Wildman–Crippen MR) is 103 cm³/mol. The molecule has 3 aliphatic rings. The lowest BCUT2D eigenvalue weighted by Crippen LogP contribution is -2.44. The number of amides is 2. The van der Waals surface area contributed by atoms with E-state index < -0.39 is 12.0 Å². The Balaban J connectivity index is 1.63. The maximum absolute atomic E-state index is 13.5. The fourth-order valence-electron chi connectivity index (χ4n) is 4.69. The van der Waals surface area contributed by atoms with Gasteiger partial charge in [-0.05, 0) is 24.1 Å². The normalized spacial score (nSPS) is 28.1. The minimum Gasteiger partial charge on any atom is -0.274 e. The molecule has 0 saturated carbocycles. The zero-order chi connectivity index (χ0) is 18.7. The molecule has 0 radical (unpaired) electrons. The molecule has 27 heavy (non-hydrogen) atoms. The Morgan fingerprint density at radius 3 is 2.07 bits per heavy atom. The molecule has 0 aromatic heterocycles. The van der Waals surface area contributed by atoms with Gasteiger partial charge in [0.25, 0.3) is 5.91 Å². The number of para-hydroxylation sites is 1. The van der Waals surface area contributed by atoms with Crippen LogP contribution >= 0.6 is 23.2 Å². The highest BCUT2D eigenvalue weighted by Gasteiger charge is 2.63. The molecule has 3 fully saturated rings. The van der Waals surface area contributed by atoms with Gasteiger partial charge in [-0.25, -0.2) is 14.9 Å². The van der Waals surface area contributed by atoms with Crippen molar-refractivity contribution in [2.75, 3.05) is 18.0 Å². The van der Waals surface area contributed by atoms with E-state index in [0.29, 0.717) is 15.7 Å². The van der Waals surface area contributed by atoms with E-state index in [1.807, 2.05) is 30.3 Å². The summed E-state index contributed by atoms with van der Waals surface area (Å²) >= 11 is 12.6. The van der Waals surface area contributed by atoms with Gasteiger partial charge in [0.05, 0.1) is 27.7 Å². The first-order valence-electron chi connectivity index (χ1n) is 8.99. The van der Waals surface area contributed by atoms with Crippen molar-refractivity contribution in [3.8, 4) is 0 Å². The minimum absolute atomic E-state index is 0.151. The number of carbonyl (C=O) groups is 2. The summed E-state index contributed by atoms with van der Waals surface area (Å²) in [5.41, 5.74) is 1.34. The number of anilines is 1. The first-order valence-corrected chi connectivity index (χ1v) is 9.75. The van der Waals surface area contributed by atoms with Crippen LogP contribution in [0, 0.1) is 5.92 Å². The number of imide groups is 1. The van der Waals surface area contributed by atoms with Gasteiger partial charge in [-0.15, -0.1) is 0 Å². The molecule has 0 aliphatic carbocycles. The largest absolute Gasteiger partial charge is 0.274 e. The Hall–Kier alpha value is -1.92. The van der Waals surface area contributed by atoms with E-state index in [0.717, 1.165) is 25.1 Å². The fourth-order valence-corrected chi connectivity index (χ4v) is 5.25. The highest BCUT2D eigenvalue weighted by Crippen LogP contribution is 2.50. The van der Waals surface area contributed by atoms with E-state index in [1.54, 1.807) is 18.2 Å². The number of carbonyl (C=O) groups excluding carboxylic acids is 2. The van der Waals surface area contributed by atoms with Crippen LogP contribution in [0.2, 0.25) is 10.0 Å². The van der Waals surface area contributed by atoms with Gasteiger partial charge in [0, 0.05) is 13.1 Å². The molecule has 5 nitrogen and oxygen atoms in total. The van der Waals surface area contributed by atoms with Crippen LogP contribution < -0.4 is 4.90 Å². The van der Waals surface area contributed by atoms with Crippen molar-refractivity contribution in [1.82, 2.24) is 10.0 Å². The molecular formula is C20H17Cl2N3O2. The van der Waals surface area contributed by atoms with E-state index >= 15 is 0 Å². The summed E-state index contributed by atoms with van der Waals surface area (Å²) in [6, 6.07) is 14.3. The van der Waals surface area contributed by atoms with Crippen molar-refractivity contribution in [2.45, 2.75) is 18.5 Å². The van der Waals surface area contributed by atoms with Crippen molar-refractivity contribution in [3.05, 3.63) is 64.1 Å². The Labute approximate surface area is 167 Å². The quantitative estimate of drug-likeness (QED) is 0.721. The average Bonchev–Trinajstić information content (AvgIpc) is 3.30. The molecule has 3 aliphatic heterocycles. The van der Waals surface area contributed by atoms with E-state index in [2.05, 4.69) is 10.0 Å². The van der Waals surface area contributed by atoms with Crippen LogP contribution in [0.3, 0.4) is 0 Å². The zero-order valence-electron chi connectivity index (χ0n) is 14.4. The molecule has 5 rings (SSSR count). The second kappa shape index (κ2) is 6.31. The Bertz CT molecular complexity index is 916. The third-order valence-corrected chi connectivity index (χ3v) is 6.32. The number of hydrazine groups is 1. The Kier molecular flexibility index (Phi) is 4.02. The van der Waals surface area contributed by atoms with Gasteiger partial charge >= 0.3 is 0 Å². The van der Waals surface area contributed by atoms with Crippen LogP contribution in [-0.4, -0.2) is 41.0 Å². The van der Waals surface area contributed by atoms with Crippen LogP contribution in [0.25, 0.3) is 0 Å². The second-order valence-corrected chi connectivity index (χ2v) is 7.90. The molecule has 0 unspecified atom stereocenters. The smallest absolute Gasteiger partial charge is 0.253 e. The van der Waals surface area contributed by atoms with Crippen LogP contribution in [0.1, 0.15) is 18.0 Å². The molecule has 0 bridgehead atoms. The minimum atomic E-state index is -0.502. The zero-order valence-corrected chi connectivity index (χ0v) is 15.9. The van der Waals surface area contributed by atoms with Gasteiger partial charge in [0.15, 0.2) is 0 Å². The average molecular weight is 402 g/mol. The van der Waals surface area contributed by atoms with Crippen LogP contribution in [0.4, 0.5) is 5.69 Å². The monoisotopic (exact) mass is 401 g/mol. The third kappa shape index (κ3) is 2.39. The number of benzene rings is 2. The lowest BCUT2D eigenvalue weighted by Gasteiger charge is -2.30. The molecular weight excluding hydrogens is 385 g/mol. The van der Waals surface area contributed by atoms with Crippen molar-refractivity contribution < 1.29 is 9.59 Å². The predicted octanol–water partition coefficient (Wildman–Crippen LogP) is 3.53. The lowest BCUT2D eigenvalue weighted by atomic mass is 9.90. The van der Waals surface area contributed by atoms with Crippen molar-refractivity contribution in [2.24, 2.45) is 5.92 Å². The summed E-state index contributed by atoms with van der Waals surface area (Å²) in [5, 5.41) is 4.86. The SMILES string of the molecule is O=C1[C@H]2[C@@H](C(=O)N1c1c(Cl)cccc1Cl)N1CCCN1[C@@H]2c1ccccc1. The molecule has 0 N–H and O–H groups in total. The van der Waals surface area contributed by atoms with Crippen LogP contribution in [0.5, 0.6) is 0 Å². The van der Waals surface area contributed by atoms with E-state index in [1.165, 1.54) is 4.90 Å². The molecule has 3 heterocycles. The van der Waals surface area contributed by atoms with Gasteiger partial charge in [-0.2, -0.15) is 0 Å². The number of halogens is 2. The highest BCUT2D eigenvalue weighted by atomic mass is 35.5. The lowest BCUT2D eigenvalue weighted by molar-refractivity contribution is -0.126. The standard InChI is InChI=1S/C20H17Cl2N3O2/c21-13-8-4-9-14(22)17(13)25-19(26)15-16(12-6-2-1-3-7-12)23-10-5-11-24(23)18(15)20(25)27/h1-4,6-9,15-16,18H,5,10-11H2/t15-,16-,18+/m1/s1. The summed E-state index contributed by atoms with van der Waals surface area (Å²) in [7, 11) is 0. The summed E-state index contributed by atoms with van der Waals surface area (Å²) in [4.78, 5) is 28.0. The molecule has 7 heteroatoms. The maximum atomic E-state index is 13.5. The summed E-state index contributed by atoms with van der Waals surface area (Å²) in [6.45, 7) is 1.62. The second-order valence-electron chi connectivity index (χ2n) is 7.09. The number of hydrogen-bond donors (Lipinski definition) is 0. The van der Waals surface area contributed by atoms with E-state index in [-0.39, 0.29) is 17.9 Å². The number of hydrogen-bond acceptors (Lipinski definition) is 4. The Morgan fingerprint density at radius 1 is 0.778 bits per heavy atom. The van der Waals surface area contributed by atoms with Crippen molar-refractivity contribution in [3.63, 3.8) is 0 Å². The Morgan fingerprint density at radius 2 is 1.41 bits per heavy atom. The number of rotatable bonds is 2. The summed E-state index contributed by atoms with van der Waals surface area (Å²) < 4.78 is 0. The fraction of sp³-hybridized carbons (Fsp3) is 0.300. The molecule has 0 spiro atoms. The van der Waals surface area contributed by atoms with Crippen LogP contribution in [0.15, 0.2) is 48.5 Å². The highest BCUT2D eigenvalue weighted by molar-refractivity contribution is 6.42. The molecule has 2 aromatic rings. The number of fused-ring (bicyclic) bond motifs is 3. The molecule has 138 valence electrons. The summed E-state index contributed by atoms with van der Waals surface area (Å²) in [5.74, 6) is -0.943. The van der Waals surface area contributed by atoms with Crippen molar-refractivity contribution >= 4 is 40.7 Å². The first kappa shape index (κ1) is 17.2. The van der Waals surface area contributed by atoms with Crippen LogP contribution in [-0.2, 0) is 9.59 Å². The van der Waals surface area contributed by atoms with Gasteiger partial charge in [-0.1, -0.05) is 59.6 Å². The number of nitrogens with zero attached hydrogens (tertiary/aromatic N) is 3. The van der Waals surface area contributed by atoms with Gasteiger partial charge in [0.2, 0.25) is 5.91 Å². The molecule has 3 saturated heterocycles. The molecule has 3 atom stereocenters.